The van der Waals surface area contributed by atoms with E-state index in [-0.39, 0.29) is 25.2 Å². The molecule has 1 fully saturated rings. The highest BCUT2D eigenvalue weighted by Crippen LogP contribution is 2.40. The minimum Gasteiger partial charge on any atom is -0.396 e. The lowest BCUT2D eigenvalue weighted by Crippen LogP contribution is -2.54. The summed E-state index contributed by atoms with van der Waals surface area (Å²) in [6, 6.07) is 7.40. The average molecular weight is 332 g/mol. The van der Waals surface area contributed by atoms with E-state index in [0.717, 1.165) is 16.3 Å². The molecule has 0 bridgehead atoms. The molecule has 1 aromatic carbocycles. The van der Waals surface area contributed by atoms with Crippen LogP contribution < -0.4 is 5.32 Å². The number of nitrogens with zero attached hydrogens (tertiary/aromatic N) is 1. The van der Waals surface area contributed by atoms with Crippen LogP contribution in [-0.2, 0) is 0 Å². The SMILES string of the molecule is Cc1nc(-c2ccc(C(=O)NC3CC(CO)(CO)C3)cc2)cs1. The lowest BCUT2D eigenvalue weighted by Gasteiger charge is -2.45. The number of hydrogen-bond acceptors (Lipinski definition) is 5. The fraction of sp³-hybridized carbons (Fsp3) is 0.412. The summed E-state index contributed by atoms with van der Waals surface area (Å²) in [6.07, 6.45) is 1.23. The van der Waals surface area contributed by atoms with Crippen molar-refractivity contribution >= 4 is 17.2 Å². The molecule has 1 aliphatic rings. The maximum atomic E-state index is 12.2. The monoisotopic (exact) mass is 332 g/mol. The van der Waals surface area contributed by atoms with Crippen LogP contribution in [0.4, 0.5) is 0 Å². The van der Waals surface area contributed by atoms with Gasteiger partial charge in [-0.1, -0.05) is 12.1 Å². The van der Waals surface area contributed by atoms with Crippen molar-refractivity contribution in [1.82, 2.24) is 10.3 Å². The second kappa shape index (κ2) is 6.39. The van der Waals surface area contributed by atoms with Crippen molar-refractivity contribution < 1.29 is 15.0 Å². The van der Waals surface area contributed by atoms with Gasteiger partial charge in [0.15, 0.2) is 0 Å². The van der Waals surface area contributed by atoms with E-state index in [1.54, 1.807) is 23.5 Å². The number of aliphatic hydroxyl groups is 2. The number of aromatic nitrogens is 1. The summed E-state index contributed by atoms with van der Waals surface area (Å²) in [7, 11) is 0. The highest BCUT2D eigenvalue weighted by atomic mass is 32.1. The lowest BCUT2D eigenvalue weighted by molar-refractivity contribution is -0.0300. The molecule has 6 heteroatoms. The predicted molar refractivity (Wildman–Crippen MR) is 89.4 cm³/mol. The number of rotatable bonds is 5. The Balaban J connectivity index is 1.61. The molecule has 0 radical (unpaired) electrons. The molecular weight excluding hydrogens is 312 g/mol. The number of carbonyl (C=O) groups is 1. The molecule has 1 amide bonds. The number of hydrogen-bond donors (Lipinski definition) is 3. The average Bonchev–Trinajstić information content (AvgIpc) is 2.97. The summed E-state index contributed by atoms with van der Waals surface area (Å²) >= 11 is 1.60. The smallest absolute Gasteiger partial charge is 0.251 e. The Morgan fingerprint density at radius 2 is 1.96 bits per heavy atom. The third-order valence-corrected chi connectivity index (χ3v) is 5.20. The molecule has 0 spiro atoms. The van der Waals surface area contributed by atoms with Crippen LogP contribution in [-0.4, -0.2) is 40.4 Å². The van der Waals surface area contributed by atoms with Crippen molar-refractivity contribution in [2.45, 2.75) is 25.8 Å². The van der Waals surface area contributed by atoms with Gasteiger partial charge in [0.05, 0.1) is 23.9 Å². The van der Waals surface area contributed by atoms with Gasteiger partial charge in [0.25, 0.3) is 5.91 Å². The van der Waals surface area contributed by atoms with Crippen LogP contribution in [0.5, 0.6) is 0 Å². The first-order valence-electron chi connectivity index (χ1n) is 7.60. The van der Waals surface area contributed by atoms with Gasteiger partial charge >= 0.3 is 0 Å². The second-order valence-electron chi connectivity index (χ2n) is 6.22. The fourth-order valence-electron chi connectivity index (χ4n) is 2.95. The number of benzene rings is 1. The molecule has 1 saturated carbocycles. The number of nitrogens with one attached hydrogen (secondary N) is 1. The van der Waals surface area contributed by atoms with E-state index >= 15 is 0 Å². The van der Waals surface area contributed by atoms with Gasteiger partial charge in [0.2, 0.25) is 0 Å². The highest BCUT2D eigenvalue weighted by molar-refractivity contribution is 7.09. The van der Waals surface area contributed by atoms with Crippen LogP contribution in [0, 0.1) is 12.3 Å². The summed E-state index contributed by atoms with van der Waals surface area (Å²) in [5, 5.41) is 24.5. The summed E-state index contributed by atoms with van der Waals surface area (Å²) in [5.41, 5.74) is 2.10. The van der Waals surface area contributed by atoms with Gasteiger partial charge in [-0.15, -0.1) is 11.3 Å². The standard InChI is InChI=1S/C17H20N2O3S/c1-11-18-15(8-23-11)12-2-4-13(5-3-12)16(22)19-14-6-17(7-14,9-20)10-21/h2-5,8,14,20-21H,6-7,9-10H2,1H3,(H,19,22). The molecular formula is C17H20N2O3S. The summed E-state index contributed by atoms with van der Waals surface area (Å²) < 4.78 is 0. The first-order chi connectivity index (χ1) is 11.0. The quantitative estimate of drug-likeness (QED) is 0.782. The molecule has 3 rings (SSSR count). The van der Waals surface area contributed by atoms with Crippen LogP contribution in [0.25, 0.3) is 11.3 Å². The zero-order chi connectivity index (χ0) is 16.4. The van der Waals surface area contributed by atoms with Crippen molar-refractivity contribution in [3.05, 3.63) is 40.2 Å². The fourth-order valence-corrected chi connectivity index (χ4v) is 3.57. The summed E-state index contributed by atoms with van der Waals surface area (Å²) in [5.74, 6) is -0.125. The third-order valence-electron chi connectivity index (χ3n) is 4.43. The Labute approximate surface area is 139 Å². The largest absolute Gasteiger partial charge is 0.396 e. The first-order valence-corrected chi connectivity index (χ1v) is 8.48. The number of aliphatic hydroxyl groups excluding tert-OH is 2. The van der Waals surface area contributed by atoms with Crippen LogP contribution in [0.15, 0.2) is 29.6 Å². The van der Waals surface area contributed by atoms with E-state index in [2.05, 4.69) is 10.3 Å². The number of carbonyl (C=O) groups excluding carboxylic acids is 1. The topological polar surface area (TPSA) is 82.5 Å². The Morgan fingerprint density at radius 1 is 1.30 bits per heavy atom. The van der Waals surface area contributed by atoms with E-state index in [0.29, 0.717) is 18.4 Å². The van der Waals surface area contributed by atoms with Crippen molar-refractivity contribution in [1.29, 1.82) is 0 Å². The van der Waals surface area contributed by atoms with Gasteiger partial charge in [-0.05, 0) is 31.9 Å². The van der Waals surface area contributed by atoms with E-state index in [4.69, 9.17) is 0 Å². The molecule has 5 nitrogen and oxygen atoms in total. The van der Waals surface area contributed by atoms with Gasteiger partial charge in [-0.25, -0.2) is 4.98 Å². The van der Waals surface area contributed by atoms with Crippen molar-refractivity contribution in [3.63, 3.8) is 0 Å². The molecule has 1 aromatic heterocycles. The summed E-state index contributed by atoms with van der Waals surface area (Å²) in [4.78, 5) is 16.7. The van der Waals surface area contributed by atoms with Gasteiger partial charge in [0.1, 0.15) is 0 Å². The molecule has 2 aromatic rings. The van der Waals surface area contributed by atoms with Crippen molar-refractivity contribution in [2.75, 3.05) is 13.2 Å². The Bertz CT molecular complexity index is 684. The van der Waals surface area contributed by atoms with E-state index in [1.807, 2.05) is 24.4 Å². The minimum atomic E-state index is -0.426. The minimum absolute atomic E-state index is 0.0164. The Hall–Kier alpha value is -1.76. The third kappa shape index (κ3) is 3.29. The normalized spacial score (nSPS) is 16.8. The van der Waals surface area contributed by atoms with Gasteiger partial charge in [0, 0.05) is 28.0 Å². The molecule has 0 saturated heterocycles. The van der Waals surface area contributed by atoms with Gasteiger partial charge < -0.3 is 15.5 Å². The Morgan fingerprint density at radius 3 is 2.48 bits per heavy atom. The van der Waals surface area contributed by atoms with Gasteiger partial charge in [-0.3, -0.25) is 4.79 Å². The highest BCUT2D eigenvalue weighted by Gasteiger charge is 2.44. The van der Waals surface area contributed by atoms with Crippen LogP contribution in [0.1, 0.15) is 28.2 Å². The van der Waals surface area contributed by atoms with Crippen LogP contribution >= 0.6 is 11.3 Å². The Kier molecular flexibility index (Phi) is 4.48. The lowest BCUT2D eigenvalue weighted by atomic mass is 9.66. The molecule has 0 unspecified atom stereocenters. The molecule has 23 heavy (non-hydrogen) atoms. The van der Waals surface area contributed by atoms with E-state index < -0.39 is 5.41 Å². The number of thiazole rings is 1. The first kappa shape index (κ1) is 16.1. The van der Waals surface area contributed by atoms with Crippen molar-refractivity contribution in [2.24, 2.45) is 5.41 Å². The van der Waals surface area contributed by atoms with Crippen LogP contribution in [0.3, 0.4) is 0 Å². The number of aryl methyl sites for hydroxylation is 1. The molecule has 1 heterocycles. The predicted octanol–water partition coefficient (Wildman–Crippen LogP) is 1.98. The van der Waals surface area contributed by atoms with E-state index in [1.165, 1.54) is 0 Å². The van der Waals surface area contributed by atoms with Gasteiger partial charge in [-0.2, -0.15) is 0 Å². The van der Waals surface area contributed by atoms with Crippen LogP contribution in [0.2, 0.25) is 0 Å². The molecule has 3 N–H and O–H groups in total. The molecule has 0 atom stereocenters. The second-order valence-corrected chi connectivity index (χ2v) is 7.29. The maximum absolute atomic E-state index is 12.2. The van der Waals surface area contributed by atoms with E-state index in [9.17, 15) is 15.0 Å². The molecule has 1 aliphatic carbocycles. The zero-order valence-corrected chi connectivity index (χ0v) is 13.8. The summed E-state index contributed by atoms with van der Waals surface area (Å²) in [6.45, 7) is 1.88. The maximum Gasteiger partial charge on any atom is 0.251 e. The van der Waals surface area contributed by atoms with Crippen molar-refractivity contribution in [3.8, 4) is 11.3 Å². The number of amides is 1. The zero-order valence-electron chi connectivity index (χ0n) is 13.0. The molecule has 0 aliphatic heterocycles. The molecule has 122 valence electrons.